The standard InChI is InChI=1S/C13H16N2OS/c1-14-12(13-15-7-8-17-13)11-5-3-10(4-6-11)9-16-2/h3-8,12,14H,9H2,1-2H3. The Bertz CT molecular complexity index is 439. The van der Waals surface area contributed by atoms with Crippen molar-refractivity contribution >= 4 is 11.3 Å². The fourth-order valence-electron chi connectivity index (χ4n) is 1.78. The molecule has 1 unspecified atom stereocenters. The van der Waals surface area contributed by atoms with Gasteiger partial charge in [-0.3, -0.25) is 0 Å². The Kier molecular flexibility index (Phi) is 4.25. The molecule has 0 aliphatic heterocycles. The van der Waals surface area contributed by atoms with Crippen LogP contribution in [0.5, 0.6) is 0 Å². The van der Waals surface area contributed by atoms with Crippen LogP contribution in [0.15, 0.2) is 35.8 Å². The summed E-state index contributed by atoms with van der Waals surface area (Å²) >= 11 is 1.67. The molecule has 4 heteroatoms. The Balaban J connectivity index is 2.20. The first-order valence-electron chi connectivity index (χ1n) is 5.49. The van der Waals surface area contributed by atoms with Gasteiger partial charge in [0.25, 0.3) is 0 Å². The largest absolute Gasteiger partial charge is 0.380 e. The molecule has 0 aliphatic rings. The summed E-state index contributed by atoms with van der Waals surface area (Å²) in [5.41, 5.74) is 2.41. The van der Waals surface area contributed by atoms with Crippen LogP contribution >= 0.6 is 11.3 Å². The number of methoxy groups -OCH3 is 1. The van der Waals surface area contributed by atoms with Crippen LogP contribution in [0, 0.1) is 0 Å². The van der Waals surface area contributed by atoms with Crippen molar-refractivity contribution in [1.29, 1.82) is 0 Å². The SMILES string of the molecule is CNC(c1ccc(COC)cc1)c1nccs1. The number of ether oxygens (including phenoxy) is 1. The molecule has 3 nitrogen and oxygen atoms in total. The molecule has 1 N–H and O–H groups in total. The highest BCUT2D eigenvalue weighted by Crippen LogP contribution is 2.23. The molecule has 0 bridgehead atoms. The lowest BCUT2D eigenvalue weighted by Gasteiger charge is -2.14. The van der Waals surface area contributed by atoms with Gasteiger partial charge in [-0.15, -0.1) is 11.3 Å². The van der Waals surface area contributed by atoms with E-state index in [9.17, 15) is 0 Å². The number of nitrogens with zero attached hydrogens (tertiary/aromatic N) is 1. The van der Waals surface area contributed by atoms with Crippen LogP contribution in [-0.4, -0.2) is 19.1 Å². The van der Waals surface area contributed by atoms with Gasteiger partial charge < -0.3 is 10.1 Å². The van der Waals surface area contributed by atoms with Gasteiger partial charge in [0, 0.05) is 18.7 Å². The summed E-state index contributed by atoms with van der Waals surface area (Å²) in [4.78, 5) is 4.35. The maximum atomic E-state index is 5.10. The zero-order valence-corrected chi connectivity index (χ0v) is 10.8. The molecule has 0 saturated heterocycles. The van der Waals surface area contributed by atoms with Gasteiger partial charge in [0.05, 0.1) is 12.6 Å². The maximum absolute atomic E-state index is 5.10. The third-order valence-corrected chi connectivity index (χ3v) is 3.45. The molecule has 0 aliphatic carbocycles. The molecule has 0 amide bonds. The second kappa shape index (κ2) is 5.91. The van der Waals surface area contributed by atoms with E-state index in [4.69, 9.17) is 4.74 Å². The predicted molar refractivity (Wildman–Crippen MR) is 70.2 cm³/mol. The molecule has 2 aromatic rings. The summed E-state index contributed by atoms with van der Waals surface area (Å²) < 4.78 is 5.10. The van der Waals surface area contributed by atoms with E-state index < -0.39 is 0 Å². The Morgan fingerprint density at radius 2 is 2.12 bits per heavy atom. The second-order valence-corrected chi connectivity index (χ2v) is 4.69. The summed E-state index contributed by atoms with van der Waals surface area (Å²) in [5.74, 6) is 0. The van der Waals surface area contributed by atoms with E-state index >= 15 is 0 Å². The van der Waals surface area contributed by atoms with Crippen molar-refractivity contribution in [3.8, 4) is 0 Å². The number of nitrogens with one attached hydrogen (secondary N) is 1. The molecular weight excluding hydrogens is 232 g/mol. The Morgan fingerprint density at radius 3 is 2.65 bits per heavy atom. The first-order valence-corrected chi connectivity index (χ1v) is 6.37. The van der Waals surface area contributed by atoms with Crippen molar-refractivity contribution < 1.29 is 4.74 Å². The molecule has 2 rings (SSSR count). The van der Waals surface area contributed by atoms with Crippen LogP contribution in [-0.2, 0) is 11.3 Å². The third kappa shape index (κ3) is 2.91. The lowest BCUT2D eigenvalue weighted by molar-refractivity contribution is 0.185. The molecule has 1 heterocycles. The molecular formula is C13H16N2OS. The highest BCUT2D eigenvalue weighted by Gasteiger charge is 2.13. The van der Waals surface area contributed by atoms with Gasteiger partial charge >= 0.3 is 0 Å². The molecule has 0 spiro atoms. The highest BCUT2D eigenvalue weighted by molar-refractivity contribution is 7.09. The zero-order chi connectivity index (χ0) is 12.1. The Morgan fingerprint density at radius 1 is 1.35 bits per heavy atom. The van der Waals surface area contributed by atoms with Crippen molar-refractivity contribution in [1.82, 2.24) is 10.3 Å². The van der Waals surface area contributed by atoms with Gasteiger partial charge in [0.2, 0.25) is 0 Å². The van der Waals surface area contributed by atoms with Gasteiger partial charge in [-0.2, -0.15) is 0 Å². The number of aromatic nitrogens is 1. The van der Waals surface area contributed by atoms with E-state index in [1.807, 2.05) is 18.6 Å². The van der Waals surface area contributed by atoms with Crippen LogP contribution in [0.25, 0.3) is 0 Å². The summed E-state index contributed by atoms with van der Waals surface area (Å²) in [5, 5.41) is 6.38. The minimum absolute atomic E-state index is 0.173. The Labute approximate surface area is 105 Å². The fraction of sp³-hybridized carbons (Fsp3) is 0.308. The van der Waals surface area contributed by atoms with Crippen molar-refractivity contribution in [2.45, 2.75) is 12.6 Å². The van der Waals surface area contributed by atoms with Crippen molar-refractivity contribution in [3.63, 3.8) is 0 Å². The van der Waals surface area contributed by atoms with Gasteiger partial charge in [0.1, 0.15) is 5.01 Å². The number of benzene rings is 1. The average Bonchev–Trinajstić information content (AvgIpc) is 2.86. The van der Waals surface area contributed by atoms with Crippen molar-refractivity contribution in [2.75, 3.05) is 14.2 Å². The lowest BCUT2D eigenvalue weighted by atomic mass is 10.1. The van der Waals surface area contributed by atoms with Gasteiger partial charge in [0.15, 0.2) is 0 Å². The van der Waals surface area contributed by atoms with E-state index in [0.29, 0.717) is 6.61 Å². The molecule has 17 heavy (non-hydrogen) atoms. The van der Waals surface area contributed by atoms with E-state index in [1.165, 1.54) is 11.1 Å². The van der Waals surface area contributed by atoms with Gasteiger partial charge in [-0.1, -0.05) is 24.3 Å². The van der Waals surface area contributed by atoms with Crippen LogP contribution in [0.2, 0.25) is 0 Å². The minimum Gasteiger partial charge on any atom is -0.380 e. The smallest absolute Gasteiger partial charge is 0.114 e. The monoisotopic (exact) mass is 248 g/mol. The first-order chi connectivity index (χ1) is 8.35. The number of rotatable bonds is 5. The van der Waals surface area contributed by atoms with Crippen LogP contribution in [0.1, 0.15) is 22.2 Å². The normalized spacial score (nSPS) is 12.6. The van der Waals surface area contributed by atoms with E-state index in [-0.39, 0.29) is 6.04 Å². The number of thiazole rings is 1. The third-order valence-electron chi connectivity index (χ3n) is 2.61. The predicted octanol–water partition coefficient (Wildman–Crippen LogP) is 2.60. The first kappa shape index (κ1) is 12.2. The topological polar surface area (TPSA) is 34.1 Å². The average molecular weight is 248 g/mol. The second-order valence-electron chi connectivity index (χ2n) is 3.77. The minimum atomic E-state index is 0.173. The molecule has 1 aromatic carbocycles. The molecule has 0 saturated carbocycles. The summed E-state index contributed by atoms with van der Waals surface area (Å²) in [6.45, 7) is 0.655. The molecule has 90 valence electrons. The highest BCUT2D eigenvalue weighted by atomic mass is 32.1. The van der Waals surface area contributed by atoms with Crippen molar-refractivity contribution in [2.24, 2.45) is 0 Å². The molecule has 1 atom stereocenters. The summed E-state index contributed by atoms with van der Waals surface area (Å²) in [6.07, 6.45) is 1.84. The van der Waals surface area contributed by atoms with E-state index in [2.05, 4.69) is 34.6 Å². The molecule has 1 aromatic heterocycles. The number of hydrogen-bond acceptors (Lipinski definition) is 4. The Hall–Kier alpha value is -1.23. The summed E-state index contributed by atoms with van der Waals surface area (Å²) in [7, 11) is 3.66. The van der Waals surface area contributed by atoms with Gasteiger partial charge in [-0.05, 0) is 18.2 Å². The maximum Gasteiger partial charge on any atom is 0.114 e. The lowest BCUT2D eigenvalue weighted by Crippen LogP contribution is -2.17. The van der Waals surface area contributed by atoms with E-state index in [0.717, 1.165) is 5.01 Å². The molecule has 0 fully saturated rings. The van der Waals surface area contributed by atoms with Crippen LogP contribution < -0.4 is 5.32 Å². The van der Waals surface area contributed by atoms with E-state index in [1.54, 1.807) is 18.4 Å². The van der Waals surface area contributed by atoms with Crippen LogP contribution in [0.3, 0.4) is 0 Å². The van der Waals surface area contributed by atoms with Crippen molar-refractivity contribution in [3.05, 3.63) is 52.0 Å². The summed E-state index contributed by atoms with van der Waals surface area (Å²) in [6, 6.07) is 8.60. The zero-order valence-electron chi connectivity index (χ0n) is 10.0. The van der Waals surface area contributed by atoms with Crippen LogP contribution in [0.4, 0.5) is 0 Å². The molecule has 0 radical (unpaired) electrons. The number of hydrogen-bond donors (Lipinski definition) is 1. The fourth-order valence-corrected chi connectivity index (χ4v) is 2.56. The van der Waals surface area contributed by atoms with Gasteiger partial charge in [-0.25, -0.2) is 4.98 Å². The quantitative estimate of drug-likeness (QED) is 0.883.